The molecule has 3 heterocycles. The van der Waals surface area contributed by atoms with Crippen molar-refractivity contribution in [2.45, 2.75) is 20.4 Å². The average Bonchev–Trinajstić information content (AvgIpc) is 3.12. The molecule has 2 aromatic heterocycles. The van der Waals surface area contributed by atoms with Gasteiger partial charge in [-0.25, -0.2) is 0 Å². The first-order valence-corrected chi connectivity index (χ1v) is 11.0. The maximum atomic E-state index is 13.0. The van der Waals surface area contributed by atoms with Crippen molar-refractivity contribution in [1.82, 2.24) is 9.55 Å². The van der Waals surface area contributed by atoms with Crippen LogP contribution in [0, 0.1) is 13.8 Å². The van der Waals surface area contributed by atoms with Crippen molar-refractivity contribution >= 4 is 32.9 Å². The van der Waals surface area contributed by atoms with Crippen molar-refractivity contribution in [3.05, 3.63) is 85.8 Å². The number of aliphatic hydroxyl groups excluding tert-OH is 1. The van der Waals surface area contributed by atoms with E-state index in [9.17, 15) is 9.90 Å². The van der Waals surface area contributed by atoms with Crippen LogP contribution in [0.1, 0.15) is 33.0 Å². The molecule has 1 N–H and O–H groups in total. The molecule has 4 aromatic rings. The van der Waals surface area contributed by atoms with Crippen LogP contribution in [0.4, 0.5) is 0 Å². The van der Waals surface area contributed by atoms with Crippen LogP contribution >= 0.6 is 11.3 Å². The van der Waals surface area contributed by atoms with E-state index in [1.165, 1.54) is 0 Å². The van der Waals surface area contributed by atoms with Gasteiger partial charge < -0.3 is 19.1 Å². The number of fused-ring (bicyclic) bond motifs is 4. The van der Waals surface area contributed by atoms with E-state index in [1.807, 2.05) is 42.7 Å². The smallest absolute Gasteiger partial charge is 0.282 e. The Balaban J connectivity index is 1.86. The van der Waals surface area contributed by atoms with Gasteiger partial charge in [-0.2, -0.15) is 4.98 Å². The minimum absolute atomic E-state index is 0.0307. The average molecular weight is 447 g/mol. The van der Waals surface area contributed by atoms with Crippen LogP contribution in [0.15, 0.2) is 47.3 Å². The van der Waals surface area contributed by atoms with Gasteiger partial charge in [0.25, 0.3) is 5.56 Å². The molecule has 0 atom stereocenters. The predicted molar refractivity (Wildman–Crippen MR) is 127 cm³/mol. The van der Waals surface area contributed by atoms with Crippen molar-refractivity contribution in [3.63, 3.8) is 0 Å². The number of hydrogen-bond acceptors (Lipinski definition) is 6. The number of benzene rings is 2. The topological polar surface area (TPSA) is 73.6 Å². The lowest BCUT2D eigenvalue weighted by atomic mass is 9.92. The van der Waals surface area contributed by atoms with Gasteiger partial charge in [0.15, 0.2) is 11.5 Å². The molecule has 7 heteroatoms. The minimum Gasteiger partial charge on any atom is -0.507 e. The van der Waals surface area contributed by atoms with Crippen LogP contribution < -0.4 is 15.0 Å². The number of rotatable bonds is 3. The molecule has 2 aromatic carbocycles. The highest BCUT2D eigenvalue weighted by Crippen LogP contribution is 2.40. The molecule has 162 valence electrons. The molecule has 0 saturated carbocycles. The van der Waals surface area contributed by atoms with E-state index >= 15 is 0 Å². The molecule has 0 aliphatic carbocycles. The lowest BCUT2D eigenvalue weighted by molar-refractivity contribution is 0.354. The SMILES string of the molecule is COc1ccc(/C(O)=C2/c3ccccc3Cn3c2nc(=O)c2c(C)c(C)sc23)cc1OC. The van der Waals surface area contributed by atoms with Crippen LogP contribution in [-0.2, 0) is 6.54 Å². The number of thiophene rings is 1. The molecule has 0 spiro atoms. The molecule has 0 fully saturated rings. The van der Waals surface area contributed by atoms with Gasteiger partial charge in [0.1, 0.15) is 16.4 Å². The van der Waals surface area contributed by atoms with E-state index in [-0.39, 0.29) is 11.3 Å². The number of nitrogens with zero attached hydrogens (tertiary/aromatic N) is 2. The summed E-state index contributed by atoms with van der Waals surface area (Å²) in [7, 11) is 3.12. The third-order valence-corrected chi connectivity index (χ3v) is 7.25. The molecular formula is C25H22N2O4S. The molecular weight excluding hydrogens is 424 g/mol. The second kappa shape index (κ2) is 7.53. The van der Waals surface area contributed by atoms with Crippen LogP contribution in [0.25, 0.3) is 21.5 Å². The Morgan fingerprint density at radius 2 is 1.84 bits per heavy atom. The second-order valence-electron chi connectivity index (χ2n) is 7.74. The van der Waals surface area contributed by atoms with Crippen LogP contribution in [0.5, 0.6) is 11.5 Å². The first-order valence-electron chi connectivity index (χ1n) is 10.2. The Hall–Kier alpha value is -3.58. The summed E-state index contributed by atoms with van der Waals surface area (Å²) in [5.74, 6) is 1.57. The molecule has 1 aliphatic heterocycles. The fourth-order valence-electron chi connectivity index (χ4n) is 4.25. The summed E-state index contributed by atoms with van der Waals surface area (Å²) in [6.07, 6.45) is 0. The minimum atomic E-state index is -0.273. The van der Waals surface area contributed by atoms with E-state index in [0.717, 1.165) is 26.4 Å². The zero-order valence-electron chi connectivity index (χ0n) is 18.2. The third-order valence-electron chi connectivity index (χ3n) is 6.02. The van der Waals surface area contributed by atoms with Crippen molar-refractivity contribution in [3.8, 4) is 11.5 Å². The fraction of sp³-hybridized carbons (Fsp3) is 0.200. The predicted octanol–water partition coefficient (Wildman–Crippen LogP) is 4.93. The first kappa shape index (κ1) is 20.3. The van der Waals surface area contributed by atoms with E-state index in [2.05, 4.69) is 4.98 Å². The third kappa shape index (κ3) is 2.92. The summed E-state index contributed by atoms with van der Waals surface area (Å²) in [6.45, 7) is 4.55. The Labute approximate surface area is 189 Å². The molecule has 0 unspecified atom stereocenters. The maximum absolute atomic E-state index is 13.0. The van der Waals surface area contributed by atoms with E-state index < -0.39 is 0 Å². The van der Waals surface area contributed by atoms with Gasteiger partial charge in [0.2, 0.25) is 0 Å². The summed E-state index contributed by atoms with van der Waals surface area (Å²) in [5, 5.41) is 12.1. The van der Waals surface area contributed by atoms with E-state index in [0.29, 0.717) is 40.4 Å². The molecule has 1 aliphatic rings. The van der Waals surface area contributed by atoms with Gasteiger partial charge in [-0.1, -0.05) is 24.3 Å². The number of aliphatic hydroxyl groups is 1. The van der Waals surface area contributed by atoms with Crippen LogP contribution in [0.2, 0.25) is 0 Å². The van der Waals surface area contributed by atoms with Crippen molar-refractivity contribution in [2.75, 3.05) is 14.2 Å². The van der Waals surface area contributed by atoms with Gasteiger partial charge in [0, 0.05) is 10.4 Å². The molecule has 0 bridgehead atoms. The molecule has 32 heavy (non-hydrogen) atoms. The quantitative estimate of drug-likeness (QED) is 0.398. The largest absolute Gasteiger partial charge is 0.507 e. The second-order valence-corrected chi connectivity index (χ2v) is 8.94. The summed E-state index contributed by atoms with van der Waals surface area (Å²) >= 11 is 1.58. The van der Waals surface area contributed by atoms with Crippen molar-refractivity contribution < 1.29 is 14.6 Å². The highest BCUT2D eigenvalue weighted by atomic mass is 32.1. The molecule has 6 nitrogen and oxygen atoms in total. The Morgan fingerprint density at radius 3 is 2.59 bits per heavy atom. The summed E-state index contributed by atoms with van der Waals surface area (Å²) in [5.41, 5.74) is 3.68. The lowest BCUT2D eigenvalue weighted by Gasteiger charge is -2.25. The van der Waals surface area contributed by atoms with Crippen LogP contribution in [-0.4, -0.2) is 28.9 Å². The monoisotopic (exact) mass is 446 g/mol. The Bertz CT molecular complexity index is 1480. The maximum Gasteiger partial charge on any atom is 0.282 e. The zero-order valence-corrected chi connectivity index (χ0v) is 19.0. The summed E-state index contributed by atoms with van der Waals surface area (Å²) in [4.78, 5) is 19.5. The number of ether oxygens (including phenoxy) is 2. The van der Waals surface area contributed by atoms with E-state index in [4.69, 9.17) is 9.47 Å². The highest BCUT2D eigenvalue weighted by Gasteiger charge is 2.28. The van der Waals surface area contributed by atoms with Gasteiger partial charge in [-0.15, -0.1) is 11.3 Å². The Kier molecular flexibility index (Phi) is 4.78. The lowest BCUT2D eigenvalue weighted by Crippen LogP contribution is -2.23. The fourth-order valence-corrected chi connectivity index (χ4v) is 5.40. The van der Waals surface area contributed by atoms with Gasteiger partial charge >= 0.3 is 0 Å². The van der Waals surface area contributed by atoms with Gasteiger partial charge in [-0.05, 0) is 48.7 Å². The molecule has 0 saturated heterocycles. The standard InChI is InChI=1S/C25H22N2O4S/c1-13-14(2)32-25-20(13)24(29)26-23-21(17-8-6-5-7-16(17)12-27(23)25)22(28)15-9-10-18(30-3)19(11-15)31-4/h5-11,28H,12H2,1-4H3/b22-21+. The number of aryl methyl sites for hydroxylation is 2. The number of hydrogen-bond donors (Lipinski definition) is 1. The normalized spacial score (nSPS) is 14.1. The highest BCUT2D eigenvalue weighted by molar-refractivity contribution is 7.18. The van der Waals surface area contributed by atoms with Gasteiger partial charge in [0.05, 0.1) is 31.7 Å². The van der Waals surface area contributed by atoms with Crippen LogP contribution in [0.3, 0.4) is 0 Å². The summed E-state index contributed by atoms with van der Waals surface area (Å²) < 4.78 is 12.8. The Morgan fingerprint density at radius 1 is 1.09 bits per heavy atom. The number of aromatic nitrogens is 2. The van der Waals surface area contributed by atoms with Gasteiger partial charge in [-0.3, -0.25) is 4.79 Å². The van der Waals surface area contributed by atoms with E-state index in [1.54, 1.807) is 43.8 Å². The molecule has 0 amide bonds. The van der Waals surface area contributed by atoms with Crippen molar-refractivity contribution in [1.29, 1.82) is 0 Å². The summed E-state index contributed by atoms with van der Waals surface area (Å²) in [6, 6.07) is 13.1. The zero-order chi connectivity index (χ0) is 22.6. The first-order chi connectivity index (χ1) is 15.4. The van der Waals surface area contributed by atoms with Crippen molar-refractivity contribution in [2.24, 2.45) is 0 Å². The number of methoxy groups -OCH3 is 2. The molecule has 5 rings (SSSR count). The molecule has 0 radical (unpaired) electrons.